The van der Waals surface area contributed by atoms with Gasteiger partial charge in [-0.1, -0.05) is 0 Å². The summed E-state index contributed by atoms with van der Waals surface area (Å²) in [6, 6.07) is 0. The number of hydrogen-bond acceptors (Lipinski definition) is 6. The van der Waals surface area contributed by atoms with E-state index in [1.165, 1.54) is 0 Å². The van der Waals surface area contributed by atoms with E-state index in [4.69, 9.17) is 37.3 Å². The van der Waals surface area contributed by atoms with Crippen molar-refractivity contribution in [2.24, 2.45) is 0 Å². The average molecular weight is 326 g/mol. The van der Waals surface area contributed by atoms with Crippen LogP contribution in [0.3, 0.4) is 0 Å². The van der Waals surface area contributed by atoms with E-state index < -0.39 is 22.3 Å². The maximum absolute atomic E-state index is 9.10. The van der Waals surface area contributed by atoms with Gasteiger partial charge in [0.05, 0.1) is 0 Å². The summed E-state index contributed by atoms with van der Waals surface area (Å²) < 4.78 is 34.1. The summed E-state index contributed by atoms with van der Waals surface area (Å²) in [7, 11) is -5.17. The molecule has 0 amide bonds. The standard InChI is InChI=1S/C2H2O4.Ce.H2O4S/c3-1(4)2(5)6;;1-5(2,3)4/h(H,3,4)(H,5,6);;(H2,1,2,3,4)/p-2. The monoisotopic (exact) mass is 326 g/mol. The molecule has 0 fully saturated rings. The first kappa shape index (κ1) is 18.1. The third-order valence-corrected chi connectivity index (χ3v) is 0.183. The van der Waals surface area contributed by atoms with Crippen molar-refractivity contribution in [2.75, 3.05) is 0 Å². The number of aliphatic carboxylic acids is 2. The van der Waals surface area contributed by atoms with E-state index in [0.29, 0.717) is 0 Å². The Bertz CT molecular complexity index is 220. The van der Waals surface area contributed by atoms with Gasteiger partial charge in [0, 0.05) is 52.1 Å². The van der Waals surface area contributed by atoms with Crippen LogP contribution in [0.4, 0.5) is 0 Å². The second-order valence-electron chi connectivity index (χ2n) is 1.02. The first-order valence-corrected chi connectivity index (χ1v) is 3.11. The minimum Gasteiger partial charge on any atom is -0.759 e. The van der Waals surface area contributed by atoms with Crippen molar-refractivity contribution < 1.29 is 79.1 Å². The molecule has 0 heterocycles. The van der Waals surface area contributed by atoms with Crippen LogP contribution in [0.15, 0.2) is 0 Å². The number of hydrogen-bond donors (Lipinski definition) is 2. The molecule has 10 heteroatoms. The van der Waals surface area contributed by atoms with Gasteiger partial charge in [-0.05, 0) is 0 Å². The molecule has 0 radical (unpaired) electrons. The third kappa shape index (κ3) is 49.0. The zero-order valence-electron chi connectivity index (χ0n) is 5.25. The van der Waals surface area contributed by atoms with Crippen molar-refractivity contribution in [1.82, 2.24) is 0 Å². The molecule has 0 bridgehead atoms. The number of carbonyl (C=O) groups is 2. The van der Waals surface area contributed by atoms with Crippen molar-refractivity contribution >= 4 is 22.3 Å². The molecular weight excluding hydrogens is 324 g/mol. The van der Waals surface area contributed by atoms with Crippen molar-refractivity contribution in [3.05, 3.63) is 0 Å². The Balaban J connectivity index is -0.000000126. The Morgan fingerprint density at radius 3 is 1.08 bits per heavy atom. The van der Waals surface area contributed by atoms with Gasteiger partial charge in [-0.2, -0.15) is 0 Å². The van der Waals surface area contributed by atoms with Crippen LogP contribution >= 0.6 is 0 Å². The number of rotatable bonds is 0. The van der Waals surface area contributed by atoms with Gasteiger partial charge in [0.15, 0.2) is 0 Å². The smallest absolute Gasteiger partial charge is 0.414 e. The van der Waals surface area contributed by atoms with E-state index in [0.717, 1.165) is 0 Å². The Kier molecular flexibility index (Phi) is 11.8. The Morgan fingerprint density at radius 2 is 1.08 bits per heavy atom. The molecule has 0 saturated carbocycles. The van der Waals surface area contributed by atoms with E-state index in [-0.39, 0.29) is 41.7 Å². The molecular formula is C2H2CeO8S-2. The average Bonchev–Trinajstić information content (AvgIpc) is 1.59. The molecule has 12 heavy (non-hydrogen) atoms. The zero-order chi connectivity index (χ0) is 9.65. The summed E-state index contributed by atoms with van der Waals surface area (Å²) in [6.45, 7) is 0. The molecule has 0 atom stereocenters. The maximum atomic E-state index is 9.10. The normalized spacial score (nSPS) is 8.50. The van der Waals surface area contributed by atoms with E-state index in [1.54, 1.807) is 0 Å². The second-order valence-corrected chi connectivity index (χ2v) is 1.84. The fourth-order valence-corrected chi connectivity index (χ4v) is 0. The van der Waals surface area contributed by atoms with Gasteiger partial charge < -0.3 is 19.3 Å². The van der Waals surface area contributed by atoms with Crippen molar-refractivity contribution in [3.63, 3.8) is 0 Å². The largest absolute Gasteiger partial charge is 0.759 e. The fraction of sp³-hybridized carbons (Fsp3) is 0. The third-order valence-electron chi connectivity index (χ3n) is 0.183. The minimum atomic E-state index is -5.17. The molecule has 8 nitrogen and oxygen atoms in total. The van der Waals surface area contributed by atoms with Crippen molar-refractivity contribution in [1.29, 1.82) is 0 Å². The van der Waals surface area contributed by atoms with E-state index >= 15 is 0 Å². The predicted octanol–water partition coefficient (Wildman–Crippen LogP) is -2.18. The van der Waals surface area contributed by atoms with E-state index in [1.807, 2.05) is 0 Å². The maximum Gasteiger partial charge on any atom is 0.414 e. The second kappa shape index (κ2) is 7.82. The van der Waals surface area contributed by atoms with Crippen molar-refractivity contribution in [2.45, 2.75) is 0 Å². The molecule has 0 aromatic rings. The van der Waals surface area contributed by atoms with Crippen LogP contribution in [0.5, 0.6) is 0 Å². The Labute approximate surface area is 101 Å². The van der Waals surface area contributed by atoms with Crippen LogP contribution in [0, 0.1) is 41.7 Å². The van der Waals surface area contributed by atoms with E-state index in [2.05, 4.69) is 0 Å². The topological polar surface area (TPSA) is 155 Å². The first-order valence-electron chi connectivity index (χ1n) is 1.77. The van der Waals surface area contributed by atoms with Crippen LogP contribution in [0.1, 0.15) is 0 Å². The summed E-state index contributed by atoms with van der Waals surface area (Å²) in [5.74, 6) is -3.65. The summed E-state index contributed by atoms with van der Waals surface area (Å²) in [5.41, 5.74) is 0. The molecule has 0 aliphatic rings. The van der Waals surface area contributed by atoms with Gasteiger partial charge >= 0.3 is 11.9 Å². The molecule has 0 saturated heterocycles. The van der Waals surface area contributed by atoms with Crippen LogP contribution < -0.4 is 0 Å². The van der Waals surface area contributed by atoms with Gasteiger partial charge in [-0.15, -0.1) is 0 Å². The van der Waals surface area contributed by atoms with Crippen molar-refractivity contribution in [3.8, 4) is 0 Å². The molecule has 0 aliphatic carbocycles. The summed E-state index contributed by atoms with van der Waals surface area (Å²) in [4.78, 5) is 18.2. The van der Waals surface area contributed by atoms with Crippen LogP contribution in [-0.2, 0) is 20.0 Å². The molecule has 0 rings (SSSR count). The zero-order valence-corrected chi connectivity index (χ0v) is 9.21. The van der Waals surface area contributed by atoms with Gasteiger partial charge in [0.2, 0.25) is 0 Å². The van der Waals surface area contributed by atoms with Crippen LogP contribution in [0.2, 0.25) is 0 Å². The summed E-state index contributed by atoms with van der Waals surface area (Å²) >= 11 is 0. The molecule has 2 N–H and O–H groups in total. The Morgan fingerprint density at radius 1 is 1.00 bits per heavy atom. The molecule has 70 valence electrons. The SMILES string of the molecule is O=C(O)C(=O)O.O=S(=O)([O-])[O-].[Ce]. The number of carboxylic acids is 2. The van der Waals surface area contributed by atoms with Crippen LogP contribution in [-0.4, -0.2) is 39.7 Å². The molecule has 0 spiro atoms. The van der Waals surface area contributed by atoms with E-state index in [9.17, 15) is 0 Å². The first-order chi connectivity index (χ1) is 4.64. The van der Waals surface area contributed by atoms with Gasteiger partial charge in [-0.25, -0.2) is 9.59 Å². The molecule has 0 aliphatic heterocycles. The number of carboxylic acid groups (broad SMARTS) is 2. The minimum absolute atomic E-state index is 0. The molecule has 0 unspecified atom stereocenters. The quantitative estimate of drug-likeness (QED) is 0.289. The fourth-order valence-electron chi connectivity index (χ4n) is 0. The summed E-state index contributed by atoms with van der Waals surface area (Å²) in [5, 5.41) is 14.8. The van der Waals surface area contributed by atoms with Gasteiger partial charge in [0.1, 0.15) is 0 Å². The summed E-state index contributed by atoms with van der Waals surface area (Å²) in [6.07, 6.45) is 0. The van der Waals surface area contributed by atoms with Gasteiger partial charge in [-0.3, -0.25) is 8.42 Å². The van der Waals surface area contributed by atoms with Gasteiger partial charge in [0.25, 0.3) is 0 Å². The predicted molar refractivity (Wildman–Crippen MR) is 25.7 cm³/mol. The van der Waals surface area contributed by atoms with Crippen LogP contribution in [0.25, 0.3) is 0 Å². The molecule has 0 aromatic heterocycles. The Hall–Kier alpha value is 0.187. The molecule has 0 aromatic carbocycles.